The van der Waals surface area contributed by atoms with Crippen molar-refractivity contribution in [2.75, 3.05) is 11.9 Å². The van der Waals surface area contributed by atoms with Crippen LogP contribution in [0.4, 0.5) is 11.4 Å². The topological polar surface area (TPSA) is 67.2 Å². The molecule has 0 aliphatic rings. The number of nitrogens with zero attached hydrogens (tertiary/aromatic N) is 1. The lowest BCUT2D eigenvalue weighted by molar-refractivity contribution is -0.384. The van der Waals surface area contributed by atoms with Crippen molar-refractivity contribution in [2.45, 2.75) is 13.8 Å². The van der Waals surface area contributed by atoms with Crippen LogP contribution in [0, 0.1) is 16.0 Å². The van der Waals surface area contributed by atoms with E-state index in [0.717, 1.165) is 17.8 Å². The number of para-hydroxylation sites is 1. The zero-order valence-electron chi connectivity index (χ0n) is 13.1. The summed E-state index contributed by atoms with van der Waals surface area (Å²) in [6, 6.07) is 14.1. The highest BCUT2D eigenvalue weighted by Crippen LogP contribution is 2.30. The minimum atomic E-state index is -0.369. The molecule has 0 spiro atoms. The van der Waals surface area contributed by atoms with Gasteiger partial charge in [0.2, 0.25) is 0 Å². The van der Waals surface area contributed by atoms with Gasteiger partial charge in [0.25, 0.3) is 5.69 Å². The van der Waals surface area contributed by atoms with Crippen molar-refractivity contribution in [3.8, 4) is 11.1 Å². The Hall–Kier alpha value is -2.47. The highest BCUT2D eigenvalue weighted by atomic mass is 32.1. The van der Waals surface area contributed by atoms with Crippen molar-refractivity contribution in [3.05, 3.63) is 58.6 Å². The van der Waals surface area contributed by atoms with Crippen molar-refractivity contribution in [3.63, 3.8) is 0 Å². The van der Waals surface area contributed by atoms with Gasteiger partial charge in [-0.1, -0.05) is 38.1 Å². The molecule has 0 aromatic heterocycles. The Balaban J connectivity index is 2.11. The first-order chi connectivity index (χ1) is 11.0. The van der Waals surface area contributed by atoms with Crippen LogP contribution in [0.5, 0.6) is 0 Å². The Morgan fingerprint density at radius 3 is 2.43 bits per heavy atom. The SMILES string of the molecule is CC(C)CNC(=S)Nc1ccc(-c2ccccc2[N+](=O)[O-])cc1. The zero-order valence-corrected chi connectivity index (χ0v) is 13.9. The van der Waals surface area contributed by atoms with Crippen molar-refractivity contribution in [1.82, 2.24) is 5.32 Å². The molecule has 0 heterocycles. The number of thiocarbonyl (C=S) groups is 1. The molecule has 0 bridgehead atoms. The van der Waals surface area contributed by atoms with Gasteiger partial charge in [0.05, 0.1) is 10.5 Å². The summed E-state index contributed by atoms with van der Waals surface area (Å²) in [5, 5.41) is 17.9. The molecule has 0 radical (unpaired) electrons. The van der Waals surface area contributed by atoms with Crippen LogP contribution in [-0.4, -0.2) is 16.6 Å². The highest BCUT2D eigenvalue weighted by molar-refractivity contribution is 7.80. The molecule has 0 saturated heterocycles. The van der Waals surface area contributed by atoms with Gasteiger partial charge in [-0.15, -0.1) is 0 Å². The number of rotatable bonds is 5. The molecule has 0 amide bonds. The molecular weight excluding hydrogens is 310 g/mol. The molecule has 2 rings (SSSR count). The van der Waals surface area contributed by atoms with Gasteiger partial charge >= 0.3 is 0 Å². The van der Waals surface area contributed by atoms with E-state index in [1.807, 2.05) is 24.3 Å². The van der Waals surface area contributed by atoms with Gasteiger partial charge in [-0.05, 0) is 41.9 Å². The van der Waals surface area contributed by atoms with Crippen LogP contribution in [0.25, 0.3) is 11.1 Å². The molecule has 0 fully saturated rings. The monoisotopic (exact) mass is 329 g/mol. The van der Waals surface area contributed by atoms with Crippen LogP contribution in [0.15, 0.2) is 48.5 Å². The molecule has 120 valence electrons. The summed E-state index contributed by atoms with van der Waals surface area (Å²) in [6.45, 7) is 5.02. The number of anilines is 1. The minimum absolute atomic E-state index is 0.0994. The molecule has 23 heavy (non-hydrogen) atoms. The largest absolute Gasteiger partial charge is 0.362 e. The van der Waals surface area contributed by atoms with E-state index in [1.165, 1.54) is 6.07 Å². The van der Waals surface area contributed by atoms with Crippen LogP contribution in [-0.2, 0) is 0 Å². The average molecular weight is 329 g/mol. The smallest absolute Gasteiger partial charge is 0.277 e. The van der Waals surface area contributed by atoms with Crippen molar-refractivity contribution in [1.29, 1.82) is 0 Å². The third-order valence-corrected chi connectivity index (χ3v) is 3.47. The molecule has 0 aliphatic heterocycles. The Morgan fingerprint density at radius 1 is 1.17 bits per heavy atom. The number of nitro benzene ring substituents is 1. The van der Waals surface area contributed by atoms with Crippen LogP contribution >= 0.6 is 12.2 Å². The van der Waals surface area contributed by atoms with E-state index in [9.17, 15) is 10.1 Å². The normalized spacial score (nSPS) is 10.4. The Labute approximate surface area is 140 Å². The number of nitro groups is 1. The van der Waals surface area contributed by atoms with Crippen molar-refractivity contribution >= 4 is 28.7 Å². The fourth-order valence-electron chi connectivity index (χ4n) is 2.08. The van der Waals surface area contributed by atoms with Crippen molar-refractivity contribution < 1.29 is 4.92 Å². The lowest BCUT2D eigenvalue weighted by Gasteiger charge is -2.12. The van der Waals surface area contributed by atoms with Gasteiger partial charge < -0.3 is 10.6 Å². The second-order valence-corrected chi connectivity index (χ2v) is 5.99. The van der Waals surface area contributed by atoms with E-state index in [0.29, 0.717) is 16.6 Å². The summed E-state index contributed by atoms with van der Waals surface area (Å²) in [4.78, 5) is 10.7. The molecular formula is C17H19N3O2S. The first-order valence-corrected chi connectivity index (χ1v) is 7.77. The molecule has 2 aromatic carbocycles. The van der Waals surface area contributed by atoms with E-state index in [-0.39, 0.29) is 10.6 Å². The summed E-state index contributed by atoms with van der Waals surface area (Å²) in [5.74, 6) is 0.510. The quantitative estimate of drug-likeness (QED) is 0.489. The Morgan fingerprint density at radius 2 is 1.83 bits per heavy atom. The summed E-state index contributed by atoms with van der Waals surface area (Å²) in [5.41, 5.74) is 2.34. The maximum Gasteiger partial charge on any atom is 0.277 e. The van der Waals surface area contributed by atoms with Gasteiger partial charge in [0, 0.05) is 18.3 Å². The van der Waals surface area contributed by atoms with Gasteiger partial charge in [-0.25, -0.2) is 0 Å². The molecule has 0 unspecified atom stereocenters. The number of hydrogen-bond acceptors (Lipinski definition) is 3. The minimum Gasteiger partial charge on any atom is -0.362 e. The van der Waals surface area contributed by atoms with Gasteiger partial charge in [-0.3, -0.25) is 10.1 Å². The number of hydrogen-bond donors (Lipinski definition) is 2. The molecule has 5 nitrogen and oxygen atoms in total. The van der Waals surface area contributed by atoms with Gasteiger partial charge in [0.1, 0.15) is 0 Å². The molecule has 0 aliphatic carbocycles. The third kappa shape index (κ3) is 4.75. The van der Waals surface area contributed by atoms with E-state index in [2.05, 4.69) is 24.5 Å². The molecule has 2 aromatic rings. The lowest BCUT2D eigenvalue weighted by Crippen LogP contribution is -2.31. The summed E-state index contributed by atoms with van der Waals surface area (Å²) in [7, 11) is 0. The Bertz CT molecular complexity index is 699. The average Bonchev–Trinajstić information content (AvgIpc) is 2.53. The summed E-state index contributed by atoms with van der Waals surface area (Å²) in [6.07, 6.45) is 0. The molecule has 6 heteroatoms. The third-order valence-electron chi connectivity index (χ3n) is 3.23. The molecule has 0 atom stereocenters. The predicted octanol–water partition coefficient (Wildman–Crippen LogP) is 4.20. The maximum absolute atomic E-state index is 11.1. The summed E-state index contributed by atoms with van der Waals surface area (Å²) >= 11 is 5.22. The summed E-state index contributed by atoms with van der Waals surface area (Å²) < 4.78 is 0. The van der Waals surface area contributed by atoms with E-state index < -0.39 is 0 Å². The molecule has 2 N–H and O–H groups in total. The lowest BCUT2D eigenvalue weighted by atomic mass is 10.0. The second kappa shape index (κ2) is 7.69. The van der Waals surface area contributed by atoms with Gasteiger partial charge in [-0.2, -0.15) is 0 Å². The fraction of sp³-hybridized carbons (Fsp3) is 0.235. The first-order valence-electron chi connectivity index (χ1n) is 7.36. The van der Waals surface area contributed by atoms with E-state index >= 15 is 0 Å². The fourth-order valence-corrected chi connectivity index (χ4v) is 2.28. The van der Waals surface area contributed by atoms with Crippen LogP contribution < -0.4 is 10.6 Å². The van der Waals surface area contributed by atoms with Crippen LogP contribution in [0.1, 0.15) is 13.8 Å². The number of benzene rings is 2. The van der Waals surface area contributed by atoms with Crippen LogP contribution in [0.2, 0.25) is 0 Å². The van der Waals surface area contributed by atoms with E-state index in [4.69, 9.17) is 12.2 Å². The molecule has 0 saturated carbocycles. The van der Waals surface area contributed by atoms with Gasteiger partial charge in [0.15, 0.2) is 5.11 Å². The van der Waals surface area contributed by atoms with Crippen molar-refractivity contribution in [2.24, 2.45) is 5.92 Å². The second-order valence-electron chi connectivity index (χ2n) is 5.58. The zero-order chi connectivity index (χ0) is 16.8. The highest BCUT2D eigenvalue weighted by Gasteiger charge is 2.13. The predicted molar refractivity (Wildman–Crippen MR) is 97.6 cm³/mol. The van der Waals surface area contributed by atoms with E-state index in [1.54, 1.807) is 18.2 Å². The standard InChI is InChI=1S/C17H19N3O2S/c1-12(2)11-18-17(23)19-14-9-7-13(8-10-14)15-5-3-4-6-16(15)20(21)22/h3-10,12H,11H2,1-2H3,(H2,18,19,23). The maximum atomic E-state index is 11.1. The van der Waals surface area contributed by atoms with Crippen LogP contribution in [0.3, 0.4) is 0 Å². The first kappa shape index (κ1) is 16.9. The number of nitrogens with one attached hydrogen (secondary N) is 2. The Kier molecular flexibility index (Phi) is 5.65.